The molecule has 0 aromatic carbocycles. The molecule has 3 aromatic rings. The Hall–Kier alpha value is -2.85. The van der Waals surface area contributed by atoms with E-state index in [0.29, 0.717) is 24.7 Å². The third kappa shape index (κ3) is 2.77. The SMILES string of the molecule is Cn1ncc(-c2ncc3c(n2)N(C2CCOC2)CC(=O)N3)c1-c1nccs1. The first-order valence-electron chi connectivity index (χ1n) is 8.64. The summed E-state index contributed by atoms with van der Waals surface area (Å²) < 4.78 is 7.29. The van der Waals surface area contributed by atoms with Gasteiger partial charge in [0, 0.05) is 25.2 Å². The number of nitrogens with zero attached hydrogens (tertiary/aromatic N) is 6. The Morgan fingerprint density at radius 2 is 2.26 bits per heavy atom. The zero-order valence-corrected chi connectivity index (χ0v) is 15.4. The largest absolute Gasteiger partial charge is 0.379 e. The van der Waals surface area contributed by atoms with Crippen molar-refractivity contribution in [1.29, 1.82) is 0 Å². The van der Waals surface area contributed by atoms with Gasteiger partial charge in [-0.25, -0.2) is 15.0 Å². The number of aromatic nitrogens is 5. The third-order valence-electron chi connectivity index (χ3n) is 4.79. The van der Waals surface area contributed by atoms with E-state index in [9.17, 15) is 4.79 Å². The van der Waals surface area contributed by atoms with Gasteiger partial charge in [-0.15, -0.1) is 11.3 Å². The van der Waals surface area contributed by atoms with E-state index in [2.05, 4.69) is 20.4 Å². The maximum atomic E-state index is 12.1. The van der Waals surface area contributed by atoms with Crippen molar-refractivity contribution < 1.29 is 9.53 Å². The van der Waals surface area contributed by atoms with Crippen molar-refractivity contribution in [3.63, 3.8) is 0 Å². The van der Waals surface area contributed by atoms with Gasteiger partial charge < -0.3 is 15.0 Å². The molecule has 1 amide bonds. The highest BCUT2D eigenvalue weighted by molar-refractivity contribution is 7.13. The van der Waals surface area contributed by atoms with Crippen molar-refractivity contribution >= 4 is 28.7 Å². The summed E-state index contributed by atoms with van der Waals surface area (Å²) in [5.41, 5.74) is 2.32. The number of hydrogen-bond donors (Lipinski definition) is 1. The summed E-state index contributed by atoms with van der Waals surface area (Å²) >= 11 is 1.54. The average Bonchev–Trinajstić information content (AvgIpc) is 3.42. The average molecular weight is 383 g/mol. The molecule has 27 heavy (non-hydrogen) atoms. The molecule has 1 fully saturated rings. The van der Waals surface area contributed by atoms with Gasteiger partial charge in [0.25, 0.3) is 0 Å². The number of carbonyl (C=O) groups excluding carboxylic acids is 1. The smallest absolute Gasteiger partial charge is 0.244 e. The molecule has 0 bridgehead atoms. The van der Waals surface area contributed by atoms with E-state index in [0.717, 1.165) is 28.5 Å². The summed E-state index contributed by atoms with van der Waals surface area (Å²) in [4.78, 5) is 27.8. The van der Waals surface area contributed by atoms with Crippen LogP contribution in [0.4, 0.5) is 11.5 Å². The normalized spacial score (nSPS) is 19.2. The molecule has 0 radical (unpaired) electrons. The van der Waals surface area contributed by atoms with E-state index >= 15 is 0 Å². The number of rotatable bonds is 3. The zero-order chi connectivity index (χ0) is 18.4. The number of aryl methyl sites for hydroxylation is 1. The van der Waals surface area contributed by atoms with Crippen LogP contribution >= 0.6 is 11.3 Å². The lowest BCUT2D eigenvalue weighted by molar-refractivity contribution is -0.115. The summed E-state index contributed by atoms with van der Waals surface area (Å²) in [5, 5.41) is 10.0. The van der Waals surface area contributed by atoms with E-state index in [1.807, 2.05) is 17.3 Å². The highest BCUT2D eigenvalue weighted by Crippen LogP contribution is 2.35. The second kappa shape index (κ2) is 6.39. The maximum Gasteiger partial charge on any atom is 0.244 e. The molecular formula is C17H17N7O2S. The fourth-order valence-corrected chi connectivity index (χ4v) is 4.22. The van der Waals surface area contributed by atoms with E-state index in [1.165, 1.54) is 0 Å². The monoisotopic (exact) mass is 383 g/mol. The van der Waals surface area contributed by atoms with Crippen LogP contribution in [-0.2, 0) is 16.6 Å². The molecule has 1 atom stereocenters. The van der Waals surface area contributed by atoms with Crippen molar-refractivity contribution in [1.82, 2.24) is 24.7 Å². The molecule has 1 saturated heterocycles. The molecule has 5 heterocycles. The quantitative estimate of drug-likeness (QED) is 0.733. The summed E-state index contributed by atoms with van der Waals surface area (Å²) in [7, 11) is 1.88. The van der Waals surface area contributed by atoms with Crippen molar-refractivity contribution in [3.05, 3.63) is 24.0 Å². The van der Waals surface area contributed by atoms with Crippen molar-refractivity contribution in [3.8, 4) is 22.1 Å². The summed E-state index contributed by atoms with van der Waals surface area (Å²) in [6, 6.07) is 0.143. The van der Waals surface area contributed by atoms with Gasteiger partial charge in [-0.3, -0.25) is 9.48 Å². The first-order chi connectivity index (χ1) is 13.2. The number of thiazole rings is 1. The number of ether oxygens (including phenoxy) is 1. The van der Waals surface area contributed by atoms with Gasteiger partial charge in [-0.05, 0) is 6.42 Å². The number of nitrogens with one attached hydrogen (secondary N) is 1. The number of hydrogen-bond acceptors (Lipinski definition) is 8. The molecule has 10 heteroatoms. The van der Waals surface area contributed by atoms with Crippen LogP contribution in [0, 0.1) is 0 Å². The van der Waals surface area contributed by atoms with Crippen molar-refractivity contribution in [2.24, 2.45) is 7.05 Å². The molecule has 0 aliphatic carbocycles. The fraction of sp³-hybridized carbons (Fsp3) is 0.353. The lowest BCUT2D eigenvalue weighted by atomic mass is 10.1. The Morgan fingerprint density at radius 1 is 1.33 bits per heavy atom. The molecule has 2 aliphatic rings. The number of anilines is 2. The lowest BCUT2D eigenvalue weighted by Gasteiger charge is -2.33. The first-order valence-corrected chi connectivity index (χ1v) is 9.52. The molecule has 3 aromatic heterocycles. The topological polar surface area (TPSA) is 98.1 Å². The highest BCUT2D eigenvalue weighted by Gasteiger charge is 2.32. The zero-order valence-electron chi connectivity index (χ0n) is 14.6. The maximum absolute atomic E-state index is 12.1. The van der Waals surface area contributed by atoms with E-state index in [-0.39, 0.29) is 18.5 Å². The van der Waals surface area contributed by atoms with Gasteiger partial charge >= 0.3 is 0 Å². The molecule has 0 spiro atoms. The Kier molecular flexibility index (Phi) is 3.87. The van der Waals surface area contributed by atoms with Crippen LogP contribution in [0.25, 0.3) is 22.1 Å². The standard InChI is InChI=1S/C17H17N7O2S/c1-23-14(17-18-3-5-27-17)11(6-20-23)15-19-7-12-16(22-15)24(8-13(25)21-12)10-2-4-26-9-10/h3,5-7,10H,2,4,8-9H2,1H3,(H,21,25). The van der Waals surface area contributed by atoms with E-state index in [4.69, 9.17) is 9.72 Å². The van der Waals surface area contributed by atoms with Crippen LogP contribution in [0.5, 0.6) is 0 Å². The van der Waals surface area contributed by atoms with E-state index in [1.54, 1.807) is 34.6 Å². The van der Waals surface area contributed by atoms with Gasteiger partial charge in [-0.1, -0.05) is 0 Å². The molecule has 138 valence electrons. The Labute approximate surface area is 159 Å². The second-order valence-electron chi connectivity index (χ2n) is 6.49. The Balaban J connectivity index is 1.60. The van der Waals surface area contributed by atoms with Gasteiger partial charge in [0.05, 0.1) is 37.2 Å². The van der Waals surface area contributed by atoms with Gasteiger partial charge in [0.2, 0.25) is 5.91 Å². The predicted molar refractivity (Wildman–Crippen MR) is 101 cm³/mol. The van der Waals surface area contributed by atoms with Crippen LogP contribution in [0.2, 0.25) is 0 Å². The first kappa shape index (κ1) is 16.3. The Morgan fingerprint density at radius 3 is 3.04 bits per heavy atom. The summed E-state index contributed by atoms with van der Waals surface area (Å²) in [5.74, 6) is 1.23. The van der Waals surface area contributed by atoms with Gasteiger partial charge in [0.1, 0.15) is 16.4 Å². The predicted octanol–water partition coefficient (Wildman–Crippen LogP) is 1.55. The molecule has 0 saturated carbocycles. The number of fused-ring (bicyclic) bond motifs is 1. The summed E-state index contributed by atoms with van der Waals surface area (Å²) in [6.45, 7) is 1.57. The van der Waals surface area contributed by atoms with Crippen LogP contribution in [0.3, 0.4) is 0 Å². The van der Waals surface area contributed by atoms with Crippen LogP contribution in [0.15, 0.2) is 24.0 Å². The molecule has 5 rings (SSSR count). The minimum Gasteiger partial charge on any atom is -0.379 e. The molecule has 9 nitrogen and oxygen atoms in total. The van der Waals surface area contributed by atoms with E-state index < -0.39 is 0 Å². The number of amides is 1. The second-order valence-corrected chi connectivity index (χ2v) is 7.39. The lowest BCUT2D eigenvalue weighted by Crippen LogP contribution is -2.45. The summed E-state index contributed by atoms with van der Waals surface area (Å²) in [6.07, 6.45) is 6.06. The molecule has 1 unspecified atom stereocenters. The van der Waals surface area contributed by atoms with Crippen molar-refractivity contribution in [2.75, 3.05) is 30.0 Å². The van der Waals surface area contributed by atoms with Crippen LogP contribution < -0.4 is 10.2 Å². The van der Waals surface area contributed by atoms with Crippen molar-refractivity contribution in [2.45, 2.75) is 12.5 Å². The van der Waals surface area contributed by atoms with Gasteiger partial charge in [-0.2, -0.15) is 5.10 Å². The number of carbonyl (C=O) groups is 1. The van der Waals surface area contributed by atoms with Gasteiger partial charge in [0.15, 0.2) is 11.6 Å². The fourth-order valence-electron chi connectivity index (χ4n) is 3.49. The highest BCUT2D eigenvalue weighted by atomic mass is 32.1. The minimum absolute atomic E-state index is 0.0596. The molecule has 1 N–H and O–H groups in total. The third-order valence-corrected chi connectivity index (χ3v) is 5.57. The molecular weight excluding hydrogens is 366 g/mol. The van der Waals surface area contributed by atoms with Crippen LogP contribution in [-0.4, -0.2) is 56.4 Å². The van der Waals surface area contributed by atoms with Crippen LogP contribution in [0.1, 0.15) is 6.42 Å². The minimum atomic E-state index is -0.0596. The Bertz CT molecular complexity index is 995. The molecule has 2 aliphatic heterocycles.